The van der Waals surface area contributed by atoms with Gasteiger partial charge < -0.3 is 10.1 Å². The number of hydrogen-bond acceptors (Lipinski definition) is 4. The number of benzene rings is 1. The Kier molecular flexibility index (Phi) is 6.03. The van der Waals surface area contributed by atoms with Gasteiger partial charge in [-0.15, -0.1) is 0 Å². The molecule has 0 spiro atoms. The molecule has 2 atom stereocenters. The Labute approximate surface area is 181 Å². The van der Waals surface area contributed by atoms with Crippen molar-refractivity contribution in [2.24, 2.45) is 5.92 Å². The molecule has 154 valence electrons. The lowest BCUT2D eigenvalue weighted by molar-refractivity contribution is -0.146. The van der Waals surface area contributed by atoms with Crippen molar-refractivity contribution >= 4 is 35.0 Å². The standard InChI is InChI=1S/C23H25Cl2NO3/c1-13-19(23(28)29-14-7-3-2-4-8-14)20(15-9-5-10-16(24)22(15)25)21-17(26-13)11-6-12-18(21)27/h5,9-11,14,20-21,26H,2-4,6-8,12H2,1H3. The van der Waals surface area contributed by atoms with Gasteiger partial charge in [0, 0.05) is 23.7 Å². The Morgan fingerprint density at radius 1 is 1.14 bits per heavy atom. The zero-order valence-electron chi connectivity index (χ0n) is 16.5. The number of carbonyl (C=O) groups is 2. The number of rotatable bonds is 3. The highest BCUT2D eigenvalue weighted by molar-refractivity contribution is 6.42. The number of ketones is 1. The summed E-state index contributed by atoms with van der Waals surface area (Å²) in [5, 5.41) is 4.09. The summed E-state index contributed by atoms with van der Waals surface area (Å²) in [5.74, 6) is -1.23. The fourth-order valence-electron chi connectivity index (χ4n) is 4.78. The molecule has 29 heavy (non-hydrogen) atoms. The van der Waals surface area contributed by atoms with E-state index in [9.17, 15) is 9.59 Å². The van der Waals surface area contributed by atoms with Crippen molar-refractivity contribution in [3.63, 3.8) is 0 Å². The zero-order chi connectivity index (χ0) is 20.5. The van der Waals surface area contributed by atoms with Gasteiger partial charge in [-0.25, -0.2) is 4.79 Å². The van der Waals surface area contributed by atoms with Crippen LogP contribution in [0.4, 0.5) is 0 Å². The maximum absolute atomic E-state index is 13.3. The van der Waals surface area contributed by atoms with Crippen molar-refractivity contribution < 1.29 is 14.3 Å². The molecule has 4 nitrogen and oxygen atoms in total. The number of esters is 1. The lowest BCUT2D eigenvalue weighted by Gasteiger charge is -2.38. The minimum Gasteiger partial charge on any atom is -0.459 e. The fourth-order valence-corrected chi connectivity index (χ4v) is 5.20. The highest BCUT2D eigenvalue weighted by Crippen LogP contribution is 2.47. The number of nitrogens with one attached hydrogen (secondary N) is 1. The number of Topliss-reactive ketones (excluding diaryl/α,β-unsaturated/α-hetero) is 1. The maximum Gasteiger partial charge on any atom is 0.336 e. The Morgan fingerprint density at radius 2 is 1.90 bits per heavy atom. The summed E-state index contributed by atoms with van der Waals surface area (Å²) in [6, 6.07) is 5.37. The van der Waals surface area contributed by atoms with Crippen molar-refractivity contribution in [1.82, 2.24) is 5.32 Å². The quantitative estimate of drug-likeness (QED) is 0.621. The van der Waals surface area contributed by atoms with Crippen LogP contribution < -0.4 is 5.32 Å². The molecule has 1 N–H and O–H groups in total. The Morgan fingerprint density at radius 3 is 2.66 bits per heavy atom. The van der Waals surface area contributed by atoms with Crippen LogP contribution in [0.15, 0.2) is 41.2 Å². The molecule has 2 unspecified atom stereocenters. The van der Waals surface area contributed by atoms with E-state index in [1.807, 2.05) is 25.1 Å². The van der Waals surface area contributed by atoms with Crippen LogP contribution in [-0.2, 0) is 14.3 Å². The van der Waals surface area contributed by atoms with Gasteiger partial charge >= 0.3 is 5.97 Å². The first-order chi connectivity index (χ1) is 14.0. The second-order valence-electron chi connectivity index (χ2n) is 8.09. The third-order valence-corrected chi connectivity index (χ3v) is 7.01. The molecule has 3 aliphatic rings. The number of carbonyl (C=O) groups excluding carboxylic acids is 2. The summed E-state index contributed by atoms with van der Waals surface area (Å²) in [6.07, 6.45) is 8.25. The van der Waals surface area contributed by atoms with Crippen molar-refractivity contribution in [2.45, 2.75) is 63.9 Å². The molecule has 1 heterocycles. The third kappa shape index (κ3) is 3.97. The summed E-state index contributed by atoms with van der Waals surface area (Å²) in [6.45, 7) is 1.86. The topological polar surface area (TPSA) is 55.4 Å². The van der Waals surface area contributed by atoms with Gasteiger partial charge in [0.05, 0.1) is 21.5 Å². The minimum atomic E-state index is -0.502. The van der Waals surface area contributed by atoms with Gasteiger partial charge in [0.1, 0.15) is 11.9 Å². The number of allylic oxidation sites excluding steroid dienone is 3. The molecule has 0 radical (unpaired) electrons. The second kappa shape index (κ2) is 8.53. The summed E-state index contributed by atoms with van der Waals surface area (Å²) in [4.78, 5) is 26.3. The molecule has 0 amide bonds. The lowest BCUT2D eigenvalue weighted by Crippen LogP contribution is -2.41. The SMILES string of the molecule is CC1=C(C(=O)OC2CCCCC2)C(c2cccc(Cl)c2Cl)C2C(=O)CCC=C2N1. The van der Waals surface area contributed by atoms with Crippen LogP contribution in [-0.4, -0.2) is 17.9 Å². The highest BCUT2D eigenvalue weighted by atomic mass is 35.5. The average Bonchev–Trinajstić information content (AvgIpc) is 2.70. The van der Waals surface area contributed by atoms with Gasteiger partial charge in [-0.1, -0.05) is 47.8 Å². The smallest absolute Gasteiger partial charge is 0.336 e. The molecular weight excluding hydrogens is 409 g/mol. The number of hydrogen-bond donors (Lipinski definition) is 1. The van der Waals surface area contributed by atoms with E-state index in [4.69, 9.17) is 27.9 Å². The fraction of sp³-hybridized carbons (Fsp3) is 0.478. The number of ether oxygens (including phenoxy) is 1. The molecule has 4 rings (SSSR count). The van der Waals surface area contributed by atoms with E-state index in [0.717, 1.165) is 31.4 Å². The normalized spacial score (nSPS) is 25.2. The highest BCUT2D eigenvalue weighted by Gasteiger charge is 2.44. The van der Waals surface area contributed by atoms with E-state index in [-0.39, 0.29) is 17.9 Å². The Bertz CT molecular complexity index is 899. The average molecular weight is 434 g/mol. The van der Waals surface area contributed by atoms with Gasteiger partial charge in [0.25, 0.3) is 0 Å². The summed E-state index contributed by atoms with van der Waals surface area (Å²) >= 11 is 12.8. The lowest BCUT2D eigenvalue weighted by atomic mass is 9.71. The van der Waals surface area contributed by atoms with E-state index < -0.39 is 11.8 Å². The van der Waals surface area contributed by atoms with Crippen LogP contribution in [0.5, 0.6) is 0 Å². The maximum atomic E-state index is 13.3. The van der Waals surface area contributed by atoms with Gasteiger partial charge in [-0.3, -0.25) is 4.79 Å². The molecule has 6 heteroatoms. The molecule has 1 aromatic carbocycles. The number of halogens is 2. The van der Waals surface area contributed by atoms with E-state index in [0.29, 0.717) is 39.7 Å². The van der Waals surface area contributed by atoms with E-state index in [1.54, 1.807) is 6.07 Å². The van der Waals surface area contributed by atoms with Crippen LogP contribution in [0.1, 0.15) is 63.4 Å². The van der Waals surface area contributed by atoms with E-state index in [1.165, 1.54) is 6.42 Å². The predicted octanol–water partition coefficient (Wildman–Crippen LogP) is 5.69. The van der Waals surface area contributed by atoms with Crippen LogP contribution in [0.2, 0.25) is 10.0 Å². The molecule has 0 saturated heterocycles. The number of fused-ring (bicyclic) bond motifs is 1. The molecule has 1 saturated carbocycles. The zero-order valence-corrected chi connectivity index (χ0v) is 18.0. The first kappa shape index (κ1) is 20.5. The molecule has 0 aromatic heterocycles. The van der Waals surface area contributed by atoms with Crippen LogP contribution in [0.3, 0.4) is 0 Å². The first-order valence-electron chi connectivity index (χ1n) is 10.3. The first-order valence-corrected chi connectivity index (χ1v) is 11.1. The van der Waals surface area contributed by atoms with Crippen LogP contribution in [0, 0.1) is 5.92 Å². The van der Waals surface area contributed by atoms with Gasteiger partial charge in [0.2, 0.25) is 0 Å². The van der Waals surface area contributed by atoms with Crippen LogP contribution in [0.25, 0.3) is 0 Å². The second-order valence-corrected chi connectivity index (χ2v) is 8.88. The summed E-state index contributed by atoms with van der Waals surface area (Å²) < 4.78 is 5.89. The van der Waals surface area contributed by atoms with E-state index in [2.05, 4.69) is 5.32 Å². The van der Waals surface area contributed by atoms with E-state index >= 15 is 0 Å². The summed E-state index contributed by atoms with van der Waals surface area (Å²) in [5.41, 5.74) is 2.73. The minimum absolute atomic E-state index is 0.0639. The van der Waals surface area contributed by atoms with Gasteiger partial charge in [-0.2, -0.15) is 0 Å². The molecular formula is C23H25Cl2NO3. The van der Waals surface area contributed by atoms with Gasteiger partial charge in [-0.05, 0) is 50.7 Å². The predicted molar refractivity (Wildman–Crippen MR) is 114 cm³/mol. The molecule has 1 aromatic rings. The monoisotopic (exact) mass is 433 g/mol. The summed E-state index contributed by atoms with van der Waals surface area (Å²) in [7, 11) is 0. The van der Waals surface area contributed by atoms with Crippen molar-refractivity contribution in [1.29, 1.82) is 0 Å². The van der Waals surface area contributed by atoms with Crippen LogP contribution >= 0.6 is 23.2 Å². The Hall–Kier alpha value is -1.78. The van der Waals surface area contributed by atoms with Crippen molar-refractivity contribution in [3.05, 3.63) is 56.9 Å². The third-order valence-electron chi connectivity index (χ3n) is 6.18. The molecule has 1 fully saturated rings. The van der Waals surface area contributed by atoms with Crippen molar-refractivity contribution in [3.8, 4) is 0 Å². The molecule has 2 aliphatic carbocycles. The van der Waals surface area contributed by atoms with Gasteiger partial charge in [0.15, 0.2) is 0 Å². The largest absolute Gasteiger partial charge is 0.459 e. The Balaban J connectivity index is 1.78. The molecule has 0 bridgehead atoms. The van der Waals surface area contributed by atoms with Crippen molar-refractivity contribution in [2.75, 3.05) is 0 Å². The molecule has 1 aliphatic heterocycles.